The molecule has 2 heterocycles. The van der Waals surface area contributed by atoms with Gasteiger partial charge in [-0.25, -0.2) is 0 Å². The first-order valence-electron chi connectivity index (χ1n) is 10.8. The molecule has 1 aromatic heterocycles. The molecule has 0 atom stereocenters. The van der Waals surface area contributed by atoms with Gasteiger partial charge >= 0.3 is 0 Å². The van der Waals surface area contributed by atoms with E-state index < -0.39 is 0 Å². The fourth-order valence-electron chi connectivity index (χ4n) is 4.27. The van der Waals surface area contributed by atoms with E-state index in [1.54, 1.807) is 0 Å². The van der Waals surface area contributed by atoms with Crippen molar-refractivity contribution in [2.24, 2.45) is 5.92 Å². The Bertz CT molecular complexity index is 540. The number of amides is 1. The molecule has 1 saturated heterocycles. The normalized spacial score (nSPS) is 19.1. The van der Waals surface area contributed by atoms with Gasteiger partial charge in [0.2, 0.25) is 5.91 Å². The Kier molecular flexibility index (Phi) is 8.56. The molecular formula is C22H35N3O2. The van der Waals surface area contributed by atoms with E-state index >= 15 is 0 Å². The zero-order valence-electron chi connectivity index (χ0n) is 16.7. The Hall–Kier alpha value is -1.46. The zero-order valence-corrected chi connectivity index (χ0v) is 16.7. The van der Waals surface area contributed by atoms with Crippen LogP contribution in [0.15, 0.2) is 24.5 Å². The highest BCUT2D eigenvalue weighted by Crippen LogP contribution is 2.27. The van der Waals surface area contributed by atoms with Crippen molar-refractivity contribution in [2.75, 3.05) is 39.4 Å². The maximum absolute atomic E-state index is 12.9. The van der Waals surface area contributed by atoms with Crippen molar-refractivity contribution in [3.63, 3.8) is 0 Å². The summed E-state index contributed by atoms with van der Waals surface area (Å²) in [4.78, 5) is 21.6. The van der Waals surface area contributed by atoms with Crippen LogP contribution in [-0.4, -0.2) is 60.1 Å². The fraction of sp³-hybridized carbons (Fsp3) is 0.727. The summed E-state index contributed by atoms with van der Waals surface area (Å²) in [5.41, 5.74) is 1.17. The van der Waals surface area contributed by atoms with Crippen LogP contribution in [0.1, 0.15) is 56.9 Å². The van der Waals surface area contributed by atoms with Crippen LogP contribution in [0.25, 0.3) is 0 Å². The van der Waals surface area contributed by atoms with Gasteiger partial charge in [0.05, 0.1) is 13.2 Å². The van der Waals surface area contributed by atoms with Gasteiger partial charge in [-0.2, -0.15) is 0 Å². The molecule has 5 heteroatoms. The monoisotopic (exact) mass is 373 g/mol. The van der Waals surface area contributed by atoms with Gasteiger partial charge in [0.1, 0.15) is 0 Å². The zero-order chi connectivity index (χ0) is 18.7. The lowest BCUT2D eigenvalue weighted by atomic mass is 9.86. The first-order chi connectivity index (χ1) is 13.3. The number of morpholine rings is 1. The van der Waals surface area contributed by atoms with Crippen molar-refractivity contribution in [3.05, 3.63) is 30.1 Å². The van der Waals surface area contributed by atoms with Crippen molar-refractivity contribution in [1.82, 2.24) is 14.8 Å². The van der Waals surface area contributed by atoms with Crippen molar-refractivity contribution < 1.29 is 9.53 Å². The Morgan fingerprint density at radius 2 is 1.89 bits per heavy atom. The predicted molar refractivity (Wildman–Crippen MR) is 107 cm³/mol. The third-order valence-corrected chi connectivity index (χ3v) is 5.97. The molecule has 0 bridgehead atoms. The molecule has 2 aliphatic rings. The maximum atomic E-state index is 12.9. The lowest BCUT2D eigenvalue weighted by molar-refractivity contribution is -0.132. The third kappa shape index (κ3) is 7.23. The van der Waals surface area contributed by atoms with Gasteiger partial charge in [-0.3, -0.25) is 14.7 Å². The first-order valence-corrected chi connectivity index (χ1v) is 10.8. The average molecular weight is 374 g/mol. The third-order valence-electron chi connectivity index (χ3n) is 5.97. The lowest BCUT2D eigenvalue weighted by Crippen LogP contribution is -2.39. The summed E-state index contributed by atoms with van der Waals surface area (Å²) in [6, 6.07) is 4.03. The fourth-order valence-corrected chi connectivity index (χ4v) is 4.27. The van der Waals surface area contributed by atoms with E-state index in [1.807, 2.05) is 24.5 Å². The minimum Gasteiger partial charge on any atom is -0.379 e. The van der Waals surface area contributed by atoms with Crippen molar-refractivity contribution in [1.29, 1.82) is 0 Å². The Morgan fingerprint density at radius 1 is 1.15 bits per heavy atom. The number of nitrogens with zero attached hydrogens (tertiary/aromatic N) is 3. The summed E-state index contributed by atoms with van der Waals surface area (Å²) in [7, 11) is 0. The molecule has 5 nitrogen and oxygen atoms in total. The molecule has 27 heavy (non-hydrogen) atoms. The highest BCUT2D eigenvalue weighted by atomic mass is 16.5. The van der Waals surface area contributed by atoms with Gasteiger partial charge < -0.3 is 9.64 Å². The van der Waals surface area contributed by atoms with Gasteiger partial charge in [-0.1, -0.05) is 32.1 Å². The number of carbonyl (C=O) groups excluding carboxylic acids is 1. The van der Waals surface area contributed by atoms with Gasteiger partial charge in [0.25, 0.3) is 0 Å². The van der Waals surface area contributed by atoms with E-state index in [-0.39, 0.29) is 0 Å². The van der Waals surface area contributed by atoms with Gasteiger partial charge in [0, 0.05) is 51.5 Å². The average Bonchev–Trinajstić information content (AvgIpc) is 2.73. The summed E-state index contributed by atoms with van der Waals surface area (Å²) in [5, 5.41) is 0. The molecule has 0 spiro atoms. The van der Waals surface area contributed by atoms with E-state index in [4.69, 9.17) is 4.74 Å². The minimum atomic E-state index is 0.319. The number of ether oxygens (including phenoxy) is 1. The topological polar surface area (TPSA) is 45.7 Å². The molecule has 2 fully saturated rings. The number of hydrogen-bond acceptors (Lipinski definition) is 4. The molecule has 0 aromatic carbocycles. The van der Waals surface area contributed by atoms with Crippen LogP contribution < -0.4 is 0 Å². The van der Waals surface area contributed by atoms with E-state index in [0.29, 0.717) is 18.9 Å². The van der Waals surface area contributed by atoms with Crippen LogP contribution in [0.5, 0.6) is 0 Å². The lowest BCUT2D eigenvalue weighted by Gasteiger charge is -2.29. The van der Waals surface area contributed by atoms with Crippen molar-refractivity contribution >= 4 is 5.91 Å². The predicted octanol–water partition coefficient (Wildman–Crippen LogP) is 3.49. The van der Waals surface area contributed by atoms with Crippen LogP contribution in [0.3, 0.4) is 0 Å². The molecule has 1 saturated carbocycles. The minimum absolute atomic E-state index is 0.319. The number of hydrogen-bond donors (Lipinski definition) is 0. The van der Waals surface area contributed by atoms with E-state index in [2.05, 4.69) is 14.8 Å². The molecule has 3 rings (SSSR count). The Balaban J connectivity index is 1.48. The number of rotatable bonds is 9. The molecule has 1 aliphatic heterocycles. The van der Waals surface area contributed by atoms with Gasteiger partial charge in [-0.15, -0.1) is 0 Å². The summed E-state index contributed by atoms with van der Waals surface area (Å²) in [6.45, 7) is 6.28. The van der Waals surface area contributed by atoms with E-state index in [1.165, 1.54) is 37.7 Å². The smallest absolute Gasteiger partial charge is 0.222 e. The van der Waals surface area contributed by atoms with Crippen molar-refractivity contribution in [2.45, 2.75) is 57.9 Å². The summed E-state index contributed by atoms with van der Waals surface area (Å²) in [6.07, 6.45) is 13.1. The van der Waals surface area contributed by atoms with Crippen LogP contribution in [-0.2, 0) is 16.1 Å². The molecular weight excluding hydrogens is 338 g/mol. The van der Waals surface area contributed by atoms with Crippen molar-refractivity contribution in [3.8, 4) is 0 Å². The molecule has 0 unspecified atom stereocenters. The highest BCUT2D eigenvalue weighted by Gasteiger charge is 2.19. The Labute approximate surface area is 164 Å². The van der Waals surface area contributed by atoms with Crippen LogP contribution in [0, 0.1) is 5.92 Å². The Morgan fingerprint density at radius 3 is 2.63 bits per heavy atom. The second kappa shape index (κ2) is 11.4. The van der Waals surface area contributed by atoms with Gasteiger partial charge in [0.15, 0.2) is 0 Å². The molecule has 150 valence electrons. The second-order valence-corrected chi connectivity index (χ2v) is 8.02. The summed E-state index contributed by atoms with van der Waals surface area (Å²) in [5.74, 6) is 1.08. The molecule has 1 aliphatic carbocycles. The molecule has 0 N–H and O–H groups in total. The quantitative estimate of drug-likeness (QED) is 0.665. The number of aromatic nitrogens is 1. The number of pyridine rings is 1. The van der Waals surface area contributed by atoms with Gasteiger partial charge in [-0.05, 0) is 36.5 Å². The molecule has 1 amide bonds. The summed E-state index contributed by atoms with van der Waals surface area (Å²) >= 11 is 0. The second-order valence-electron chi connectivity index (χ2n) is 8.02. The van der Waals surface area contributed by atoms with E-state index in [9.17, 15) is 4.79 Å². The highest BCUT2D eigenvalue weighted by molar-refractivity contribution is 5.76. The van der Waals surface area contributed by atoms with Crippen LogP contribution in [0.2, 0.25) is 0 Å². The number of carbonyl (C=O) groups is 1. The largest absolute Gasteiger partial charge is 0.379 e. The summed E-state index contributed by atoms with van der Waals surface area (Å²) < 4.78 is 5.42. The molecule has 1 aromatic rings. The van der Waals surface area contributed by atoms with Crippen LogP contribution >= 0.6 is 0 Å². The SMILES string of the molecule is O=C(CCC1CCCCC1)N(CCCN1CCOCC1)Cc1ccncc1. The first kappa shape index (κ1) is 20.3. The van der Waals surface area contributed by atoms with E-state index in [0.717, 1.165) is 58.2 Å². The standard InChI is InChI=1S/C22H35N3O2/c26-22(8-7-20-5-2-1-3-6-20)25(19-21-9-11-23-12-10-21)14-4-13-24-15-17-27-18-16-24/h9-12,20H,1-8,13-19H2. The maximum Gasteiger partial charge on any atom is 0.222 e. The molecule has 0 radical (unpaired) electrons. The van der Waals surface area contributed by atoms with Crippen LogP contribution in [0.4, 0.5) is 0 Å².